The summed E-state index contributed by atoms with van der Waals surface area (Å²) in [5.41, 5.74) is 1.88. The molecule has 0 aliphatic carbocycles. The molecule has 0 atom stereocenters. The Morgan fingerprint density at radius 3 is 2.94 bits per heavy atom. The number of rotatable bonds is 3. The molecule has 3 rings (SSSR count). The molecule has 0 spiro atoms. The Balaban J connectivity index is 1.95. The van der Waals surface area contributed by atoms with E-state index in [1.165, 1.54) is 0 Å². The van der Waals surface area contributed by atoms with Crippen molar-refractivity contribution in [3.8, 4) is 0 Å². The van der Waals surface area contributed by atoms with Crippen LogP contribution < -0.4 is 5.32 Å². The number of aromatic amines is 1. The number of anilines is 1. The van der Waals surface area contributed by atoms with Crippen molar-refractivity contribution < 1.29 is 0 Å². The summed E-state index contributed by atoms with van der Waals surface area (Å²) in [7, 11) is 0. The lowest BCUT2D eigenvalue weighted by molar-refractivity contribution is 1.09. The van der Waals surface area contributed by atoms with E-state index in [0.29, 0.717) is 6.54 Å². The van der Waals surface area contributed by atoms with E-state index in [-0.39, 0.29) is 5.28 Å². The lowest BCUT2D eigenvalue weighted by atomic mass is 10.2. The molecule has 6 heteroatoms. The Hall–Kier alpha value is -2.14. The number of aromatic nitrogens is 4. The largest absolute Gasteiger partial charge is 0.365 e. The number of hydrogen-bond acceptors (Lipinski definition) is 4. The summed E-state index contributed by atoms with van der Waals surface area (Å²) in [6, 6.07) is 7.74. The van der Waals surface area contributed by atoms with E-state index < -0.39 is 0 Å². The van der Waals surface area contributed by atoms with Gasteiger partial charge >= 0.3 is 0 Å². The van der Waals surface area contributed by atoms with Crippen LogP contribution in [-0.4, -0.2) is 20.2 Å². The van der Waals surface area contributed by atoms with E-state index in [0.717, 1.165) is 22.3 Å². The highest BCUT2D eigenvalue weighted by atomic mass is 35.5. The second-order valence-corrected chi connectivity index (χ2v) is 4.16. The molecule has 0 amide bonds. The molecule has 18 heavy (non-hydrogen) atoms. The van der Waals surface area contributed by atoms with Crippen LogP contribution in [0.3, 0.4) is 0 Å². The molecule has 0 aliphatic heterocycles. The maximum Gasteiger partial charge on any atom is 0.224 e. The maximum atomic E-state index is 5.90. The first kappa shape index (κ1) is 11.0. The molecule has 0 fully saturated rings. The highest BCUT2D eigenvalue weighted by molar-refractivity contribution is 6.28. The van der Waals surface area contributed by atoms with Crippen molar-refractivity contribution in [1.82, 2.24) is 20.2 Å². The molecule has 0 saturated carbocycles. The minimum atomic E-state index is 0.239. The molecule has 0 radical (unpaired) electrons. The molecule has 3 aromatic rings. The van der Waals surface area contributed by atoms with Gasteiger partial charge in [-0.15, -0.1) is 0 Å². The molecule has 0 bridgehead atoms. The van der Waals surface area contributed by atoms with Gasteiger partial charge in [-0.1, -0.05) is 12.1 Å². The summed E-state index contributed by atoms with van der Waals surface area (Å²) >= 11 is 5.90. The summed E-state index contributed by atoms with van der Waals surface area (Å²) < 4.78 is 0. The fourth-order valence-electron chi connectivity index (χ4n) is 1.74. The lowest BCUT2D eigenvalue weighted by Crippen LogP contribution is -2.02. The molecule has 5 nitrogen and oxygen atoms in total. The van der Waals surface area contributed by atoms with Gasteiger partial charge in [0, 0.05) is 23.7 Å². The quantitative estimate of drug-likeness (QED) is 0.710. The monoisotopic (exact) mass is 259 g/mol. The summed E-state index contributed by atoms with van der Waals surface area (Å²) in [6.45, 7) is 0.633. The third-order valence-electron chi connectivity index (χ3n) is 2.59. The SMILES string of the molecule is Clc1nc(NCc2cn[nH]c2)c2ccccc2n1. The maximum absolute atomic E-state index is 5.90. The van der Waals surface area contributed by atoms with Gasteiger partial charge in [0.15, 0.2) is 0 Å². The Morgan fingerprint density at radius 1 is 1.22 bits per heavy atom. The molecule has 2 heterocycles. The van der Waals surface area contributed by atoms with E-state index in [2.05, 4.69) is 25.5 Å². The van der Waals surface area contributed by atoms with Crippen LogP contribution in [0.1, 0.15) is 5.56 Å². The first-order valence-corrected chi connectivity index (χ1v) is 5.84. The van der Waals surface area contributed by atoms with Crippen molar-refractivity contribution >= 4 is 28.3 Å². The zero-order valence-corrected chi connectivity index (χ0v) is 10.1. The second-order valence-electron chi connectivity index (χ2n) is 3.82. The molecule has 2 N–H and O–H groups in total. The van der Waals surface area contributed by atoms with E-state index in [1.54, 1.807) is 6.20 Å². The fraction of sp³-hybridized carbons (Fsp3) is 0.0833. The predicted octanol–water partition coefficient (Wildman–Crippen LogP) is 2.62. The van der Waals surface area contributed by atoms with Crippen molar-refractivity contribution in [2.75, 3.05) is 5.32 Å². The number of H-pyrrole nitrogens is 1. The molecule has 1 aromatic carbocycles. The molecular weight excluding hydrogens is 250 g/mol. The zero-order chi connectivity index (χ0) is 12.4. The van der Waals surface area contributed by atoms with Crippen LogP contribution in [0, 0.1) is 0 Å². The molecule has 0 unspecified atom stereocenters. The minimum Gasteiger partial charge on any atom is -0.365 e. The Kier molecular flexibility index (Phi) is 2.82. The molecular formula is C12H10ClN5. The van der Waals surface area contributed by atoms with E-state index in [9.17, 15) is 0 Å². The van der Waals surface area contributed by atoms with Gasteiger partial charge in [0.25, 0.3) is 0 Å². The highest BCUT2D eigenvalue weighted by Crippen LogP contribution is 2.22. The first-order valence-electron chi connectivity index (χ1n) is 5.47. The number of nitrogens with one attached hydrogen (secondary N) is 2. The van der Waals surface area contributed by atoms with E-state index in [1.807, 2.05) is 30.5 Å². The van der Waals surface area contributed by atoms with Crippen LogP contribution in [0.15, 0.2) is 36.7 Å². The molecule has 90 valence electrons. The Morgan fingerprint density at radius 2 is 2.11 bits per heavy atom. The molecule has 0 saturated heterocycles. The number of benzene rings is 1. The van der Waals surface area contributed by atoms with Gasteiger partial charge in [-0.3, -0.25) is 5.10 Å². The topological polar surface area (TPSA) is 66.5 Å². The third kappa shape index (κ3) is 2.12. The van der Waals surface area contributed by atoms with Gasteiger partial charge in [0.2, 0.25) is 5.28 Å². The first-order chi connectivity index (χ1) is 8.83. The van der Waals surface area contributed by atoms with Gasteiger partial charge in [0.05, 0.1) is 11.7 Å². The van der Waals surface area contributed by atoms with Crippen molar-refractivity contribution in [2.45, 2.75) is 6.54 Å². The number of fused-ring (bicyclic) bond motifs is 1. The normalized spacial score (nSPS) is 10.7. The standard InChI is InChI=1S/C12H10ClN5/c13-12-17-10-4-2-1-3-9(10)11(18-12)14-5-8-6-15-16-7-8/h1-4,6-7H,5H2,(H,15,16)(H,14,17,18). The van der Waals surface area contributed by atoms with Gasteiger partial charge in [-0.25, -0.2) is 9.97 Å². The highest BCUT2D eigenvalue weighted by Gasteiger charge is 2.05. The van der Waals surface area contributed by atoms with Gasteiger partial charge in [-0.2, -0.15) is 5.10 Å². The smallest absolute Gasteiger partial charge is 0.224 e. The third-order valence-corrected chi connectivity index (χ3v) is 2.76. The number of para-hydroxylation sites is 1. The average molecular weight is 260 g/mol. The van der Waals surface area contributed by atoms with Gasteiger partial charge in [0.1, 0.15) is 5.82 Å². The van der Waals surface area contributed by atoms with Crippen molar-refractivity contribution in [3.63, 3.8) is 0 Å². The minimum absolute atomic E-state index is 0.239. The number of halogens is 1. The van der Waals surface area contributed by atoms with Crippen molar-refractivity contribution in [1.29, 1.82) is 0 Å². The number of nitrogens with zero attached hydrogens (tertiary/aromatic N) is 3. The van der Waals surface area contributed by atoms with Crippen LogP contribution in [0.5, 0.6) is 0 Å². The zero-order valence-electron chi connectivity index (χ0n) is 9.39. The van der Waals surface area contributed by atoms with Gasteiger partial charge in [-0.05, 0) is 23.7 Å². The fourth-order valence-corrected chi connectivity index (χ4v) is 1.92. The van der Waals surface area contributed by atoms with Crippen molar-refractivity contribution in [3.05, 3.63) is 47.5 Å². The summed E-state index contributed by atoms with van der Waals surface area (Å²) in [6.07, 6.45) is 3.59. The van der Waals surface area contributed by atoms with Crippen LogP contribution in [0.4, 0.5) is 5.82 Å². The predicted molar refractivity (Wildman–Crippen MR) is 70.5 cm³/mol. The summed E-state index contributed by atoms with van der Waals surface area (Å²) in [5.74, 6) is 0.729. The Bertz CT molecular complexity index is 665. The summed E-state index contributed by atoms with van der Waals surface area (Å²) in [4.78, 5) is 8.39. The van der Waals surface area contributed by atoms with Crippen LogP contribution in [-0.2, 0) is 6.54 Å². The van der Waals surface area contributed by atoms with Crippen molar-refractivity contribution in [2.24, 2.45) is 0 Å². The second kappa shape index (κ2) is 4.62. The van der Waals surface area contributed by atoms with Crippen LogP contribution in [0.2, 0.25) is 5.28 Å². The van der Waals surface area contributed by atoms with E-state index in [4.69, 9.17) is 11.6 Å². The van der Waals surface area contributed by atoms with Crippen LogP contribution >= 0.6 is 11.6 Å². The van der Waals surface area contributed by atoms with Gasteiger partial charge < -0.3 is 5.32 Å². The Labute approximate surface area is 108 Å². The average Bonchev–Trinajstić information content (AvgIpc) is 2.89. The summed E-state index contributed by atoms with van der Waals surface area (Å²) in [5, 5.41) is 11.1. The molecule has 0 aliphatic rings. The van der Waals surface area contributed by atoms with Crippen LogP contribution in [0.25, 0.3) is 10.9 Å². The molecule has 2 aromatic heterocycles. The lowest BCUT2D eigenvalue weighted by Gasteiger charge is -2.07. The number of hydrogen-bond donors (Lipinski definition) is 2. The van der Waals surface area contributed by atoms with E-state index >= 15 is 0 Å².